The lowest BCUT2D eigenvalue weighted by molar-refractivity contribution is -0.385. The number of rotatable bonds is 9. The van der Waals surface area contributed by atoms with Crippen molar-refractivity contribution in [3.05, 3.63) is 39.9 Å². The zero-order chi connectivity index (χ0) is 18.4. The van der Waals surface area contributed by atoms with Gasteiger partial charge in [-0.2, -0.15) is 0 Å². The van der Waals surface area contributed by atoms with Gasteiger partial charge in [0.1, 0.15) is 6.04 Å². The number of nitrogens with one attached hydrogen (secondary N) is 1. The summed E-state index contributed by atoms with van der Waals surface area (Å²) < 4.78 is 0. The quantitative estimate of drug-likeness (QED) is 0.271. The van der Waals surface area contributed by atoms with Gasteiger partial charge in [-0.1, -0.05) is 51.2 Å². The maximum Gasteiger partial charge on any atom is 0.298 e. The van der Waals surface area contributed by atoms with Gasteiger partial charge in [0, 0.05) is 18.7 Å². The second kappa shape index (κ2) is 8.37. The van der Waals surface area contributed by atoms with Crippen molar-refractivity contribution >= 4 is 11.6 Å². The molecule has 1 aromatic carbocycles. The second-order valence-corrected chi connectivity index (χ2v) is 6.36. The van der Waals surface area contributed by atoms with Crippen molar-refractivity contribution in [1.82, 2.24) is 10.4 Å². The maximum atomic E-state index is 12.2. The SMILES string of the molecule is CCCCCCCCN1NC(c2cccc([N+](=O)[O-])c2)C(O)(O)C1=O. The van der Waals surface area contributed by atoms with Crippen molar-refractivity contribution in [3.8, 4) is 0 Å². The Kier molecular flexibility index (Phi) is 6.46. The summed E-state index contributed by atoms with van der Waals surface area (Å²) in [7, 11) is 0. The monoisotopic (exact) mass is 351 g/mol. The lowest BCUT2D eigenvalue weighted by atomic mass is 9.99. The Balaban J connectivity index is 2.00. The van der Waals surface area contributed by atoms with Crippen LogP contribution >= 0.6 is 0 Å². The summed E-state index contributed by atoms with van der Waals surface area (Å²) in [6, 6.07) is 4.38. The number of hydrazine groups is 1. The van der Waals surface area contributed by atoms with Crippen molar-refractivity contribution in [2.45, 2.75) is 57.3 Å². The third-order valence-electron chi connectivity index (χ3n) is 4.40. The van der Waals surface area contributed by atoms with Gasteiger partial charge in [-0.15, -0.1) is 0 Å². The molecule has 8 heteroatoms. The minimum Gasteiger partial charge on any atom is -0.357 e. The number of nitro benzene ring substituents is 1. The molecule has 1 fully saturated rings. The van der Waals surface area contributed by atoms with Crippen molar-refractivity contribution in [1.29, 1.82) is 0 Å². The molecule has 1 unspecified atom stereocenters. The number of non-ortho nitro benzene ring substituents is 1. The number of nitro groups is 1. The smallest absolute Gasteiger partial charge is 0.298 e. The van der Waals surface area contributed by atoms with E-state index >= 15 is 0 Å². The summed E-state index contributed by atoms with van der Waals surface area (Å²) in [4.78, 5) is 22.6. The summed E-state index contributed by atoms with van der Waals surface area (Å²) in [5, 5.41) is 32.4. The summed E-state index contributed by atoms with van der Waals surface area (Å²) in [6.45, 7) is 2.50. The molecule has 0 saturated carbocycles. The first-order valence-electron chi connectivity index (χ1n) is 8.65. The molecule has 2 rings (SSSR count). The number of hydrogen-bond donors (Lipinski definition) is 3. The van der Waals surface area contributed by atoms with Crippen LogP contribution in [-0.2, 0) is 4.79 Å². The van der Waals surface area contributed by atoms with E-state index in [1.54, 1.807) is 0 Å². The van der Waals surface area contributed by atoms with E-state index in [1.807, 2.05) is 0 Å². The van der Waals surface area contributed by atoms with E-state index < -0.39 is 22.7 Å². The fourth-order valence-corrected chi connectivity index (χ4v) is 2.97. The van der Waals surface area contributed by atoms with E-state index in [0.717, 1.165) is 32.1 Å². The molecule has 8 nitrogen and oxygen atoms in total. The molecule has 3 N–H and O–H groups in total. The van der Waals surface area contributed by atoms with Gasteiger partial charge < -0.3 is 10.2 Å². The highest BCUT2D eigenvalue weighted by Crippen LogP contribution is 2.33. The highest BCUT2D eigenvalue weighted by atomic mass is 16.6. The number of aliphatic hydroxyl groups is 2. The lowest BCUT2D eigenvalue weighted by Crippen LogP contribution is -2.42. The van der Waals surface area contributed by atoms with Crippen LogP contribution in [0.2, 0.25) is 0 Å². The number of unbranched alkanes of at least 4 members (excludes halogenated alkanes) is 5. The number of carbonyl (C=O) groups is 1. The van der Waals surface area contributed by atoms with Crippen LogP contribution in [0.1, 0.15) is 57.1 Å². The topological polar surface area (TPSA) is 116 Å². The highest BCUT2D eigenvalue weighted by Gasteiger charge is 2.52. The van der Waals surface area contributed by atoms with Crippen LogP contribution in [-0.4, -0.2) is 38.4 Å². The zero-order valence-corrected chi connectivity index (χ0v) is 14.4. The van der Waals surface area contributed by atoms with Gasteiger partial charge in [0.2, 0.25) is 0 Å². The van der Waals surface area contributed by atoms with Crippen molar-refractivity contribution in [2.24, 2.45) is 0 Å². The summed E-state index contributed by atoms with van der Waals surface area (Å²) in [5.74, 6) is -3.46. The molecule has 0 radical (unpaired) electrons. The van der Waals surface area contributed by atoms with Gasteiger partial charge in [0.15, 0.2) is 0 Å². The lowest BCUT2D eigenvalue weighted by Gasteiger charge is -2.19. The minimum atomic E-state index is -2.63. The van der Waals surface area contributed by atoms with Crippen LogP contribution in [0.5, 0.6) is 0 Å². The molecule has 1 heterocycles. The molecule has 1 aliphatic heterocycles. The van der Waals surface area contributed by atoms with Crippen molar-refractivity contribution < 1.29 is 19.9 Å². The predicted octanol–water partition coefficient (Wildman–Crippen LogP) is 2.02. The first-order chi connectivity index (χ1) is 11.9. The number of benzene rings is 1. The molecule has 1 amide bonds. The Morgan fingerprint density at radius 1 is 1.24 bits per heavy atom. The molecule has 138 valence electrons. The molecular formula is C17H25N3O5. The summed E-state index contributed by atoms with van der Waals surface area (Å²) in [5.41, 5.74) is 2.88. The van der Waals surface area contributed by atoms with Crippen molar-refractivity contribution in [2.75, 3.05) is 6.54 Å². The predicted molar refractivity (Wildman–Crippen MR) is 91.2 cm³/mol. The fraction of sp³-hybridized carbons (Fsp3) is 0.588. The third kappa shape index (κ3) is 4.53. The third-order valence-corrected chi connectivity index (χ3v) is 4.40. The molecule has 1 aliphatic rings. The molecule has 0 aliphatic carbocycles. The van der Waals surface area contributed by atoms with E-state index in [2.05, 4.69) is 12.3 Å². The van der Waals surface area contributed by atoms with Gasteiger partial charge in [-0.05, 0) is 12.0 Å². The van der Waals surface area contributed by atoms with E-state index in [-0.39, 0.29) is 11.3 Å². The molecule has 0 bridgehead atoms. The first-order valence-corrected chi connectivity index (χ1v) is 8.65. The minimum absolute atomic E-state index is 0.170. The number of hydrogen-bond acceptors (Lipinski definition) is 6. The Hall–Kier alpha value is -2.03. The molecule has 0 aromatic heterocycles. The Labute approximate surface area is 146 Å². The number of nitrogens with zero attached hydrogens (tertiary/aromatic N) is 2. The van der Waals surface area contributed by atoms with Crippen molar-refractivity contribution in [3.63, 3.8) is 0 Å². The summed E-state index contributed by atoms with van der Waals surface area (Å²) in [6.07, 6.45) is 6.28. The Morgan fingerprint density at radius 2 is 1.92 bits per heavy atom. The summed E-state index contributed by atoms with van der Waals surface area (Å²) >= 11 is 0. The average molecular weight is 351 g/mol. The van der Waals surface area contributed by atoms with Crippen LogP contribution in [0.15, 0.2) is 24.3 Å². The normalized spacial score (nSPS) is 19.4. The molecule has 1 aromatic rings. The average Bonchev–Trinajstić information content (AvgIpc) is 2.81. The van der Waals surface area contributed by atoms with Gasteiger partial charge in [-0.25, -0.2) is 5.43 Å². The Bertz CT molecular complexity index is 620. The first kappa shape index (κ1) is 19.3. The van der Waals surface area contributed by atoms with Crippen LogP contribution in [0.3, 0.4) is 0 Å². The van der Waals surface area contributed by atoms with E-state index in [0.29, 0.717) is 6.54 Å². The molecular weight excluding hydrogens is 326 g/mol. The van der Waals surface area contributed by atoms with E-state index in [1.165, 1.54) is 35.7 Å². The van der Waals surface area contributed by atoms with E-state index in [4.69, 9.17) is 0 Å². The van der Waals surface area contributed by atoms with Crippen LogP contribution in [0, 0.1) is 10.1 Å². The maximum absolute atomic E-state index is 12.2. The van der Waals surface area contributed by atoms with E-state index in [9.17, 15) is 25.1 Å². The number of carbonyl (C=O) groups excluding carboxylic acids is 1. The van der Waals surface area contributed by atoms with Crippen LogP contribution < -0.4 is 5.43 Å². The van der Waals surface area contributed by atoms with Gasteiger partial charge >= 0.3 is 0 Å². The fourth-order valence-electron chi connectivity index (χ4n) is 2.97. The molecule has 25 heavy (non-hydrogen) atoms. The molecule has 1 atom stereocenters. The van der Waals surface area contributed by atoms with Gasteiger partial charge in [0.05, 0.1) is 4.92 Å². The van der Waals surface area contributed by atoms with Crippen LogP contribution in [0.4, 0.5) is 5.69 Å². The largest absolute Gasteiger partial charge is 0.357 e. The standard InChI is InChI=1S/C17H25N3O5/c1-2-3-4-5-6-7-11-19-16(21)17(22,23)15(18-19)13-9-8-10-14(12-13)20(24)25/h8-10,12,15,18,22-23H,2-7,11H2,1H3. The second-order valence-electron chi connectivity index (χ2n) is 6.36. The van der Waals surface area contributed by atoms with Gasteiger partial charge in [0.25, 0.3) is 17.4 Å². The zero-order valence-electron chi connectivity index (χ0n) is 14.4. The number of amides is 1. The Morgan fingerprint density at radius 3 is 2.60 bits per heavy atom. The van der Waals surface area contributed by atoms with Crippen LogP contribution in [0.25, 0.3) is 0 Å². The molecule has 1 saturated heterocycles. The van der Waals surface area contributed by atoms with Gasteiger partial charge in [-0.3, -0.25) is 19.9 Å². The molecule has 0 spiro atoms. The highest BCUT2D eigenvalue weighted by molar-refractivity contribution is 5.86.